The molecule has 0 radical (unpaired) electrons. The lowest BCUT2D eigenvalue weighted by molar-refractivity contribution is -0.140. The van der Waals surface area contributed by atoms with Crippen molar-refractivity contribution in [3.63, 3.8) is 0 Å². The smallest absolute Gasteiger partial charge is 0.416 e. The number of aliphatic carboxylic acids is 1. The number of halogens is 3. The maximum atomic E-state index is 13.1. The molecule has 0 fully saturated rings. The Labute approximate surface area is 200 Å². The number of hydrogen-bond donors (Lipinski definition) is 2. The monoisotopic (exact) mass is 482 g/mol. The Morgan fingerprint density at radius 3 is 2.43 bits per heavy atom. The van der Waals surface area contributed by atoms with Crippen molar-refractivity contribution in [2.24, 2.45) is 0 Å². The second-order valence-electron chi connectivity index (χ2n) is 8.34. The number of nitrogens with zero attached hydrogens (tertiary/aromatic N) is 1. The van der Waals surface area contributed by atoms with Gasteiger partial charge < -0.3 is 14.4 Å². The van der Waals surface area contributed by atoms with Crippen molar-refractivity contribution in [2.75, 3.05) is 7.11 Å². The molecule has 1 heterocycles. The second kappa shape index (κ2) is 9.84. The van der Waals surface area contributed by atoms with Crippen molar-refractivity contribution in [1.82, 2.24) is 9.88 Å². The van der Waals surface area contributed by atoms with E-state index in [9.17, 15) is 23.1 Å². The van der Waals surface area contributed by atoms with Crippen molar-refractivity contribution in [1.29, 1.82) is 0 Å². The molecule has 5 nitrogen and oxygen atoms in total. The first-order valence-corrected chi connectivity index (χ1v) is 11.0. The van der Waals surface area contributed by atoms with E-state index >= 15 is 0 Å². The molecule has 0 saturated heterocycles. The molecule has 4 aromatic rings. The molecule has 0 bridgehead atoms. The zero-order valence-corrected chi connectivity index (χ0v) is 19.3. The molecular formula is C27H25F3N2O3. The van der Waals surface area contributed by atoms with Gasteiger partial charge in [-0.25, -0.2) is 0 Å². The fourth-order valence-electron chi connectivity index (χ4n) is 4.34. The largest absolute Gasteiger partial charge is 0.496 e. The van der Waals surface area contributed by atoms with Gasteiger partial charge in [-0.15, -0.1) is 0 Å². The molecular weight excluding hydrogens is 457 g/mol. The maximum absolute atomic E-state index is 13.1. The number of benzene rings is 3. The standard InChI is InChI=1S/C27H25F3N2O3/c1-17-23(35-2)12-11-22-24(17)21(16-32(22)15-18-7-4-3-5-8-18)25(26(33)34)31-14-19-9-6-10-20(13-19)27(28,29)30/h3-13,16,25,31H,14-15H2,1-2H3,(H,33,34). The van der Waals surface area contributed by atoms with Crippen molar-refractivity contribution >= 4 is 16.9 Å². The summed E-state index contributed by atoms with van der Waals surface area (Å²) < 4.78 is 46.8. The van der Waals surface area contributed by atoms with Crippen LogP contribution in [0.15, 0.2) is 72.9 Å². The third kappa shape index (κ3) is 5.17. The molecule has 0 aliphatic rings. The van der Waals surface area contributed by atoms with Gasteiger partial charge in [0.1, 0.15) is 11.8 Å². The molecule has 8 heteroatoms. The molecule has 4 rings (SSSR count). The van der Waals surface area contributed by atoms with E-state index in [0.29, 0.717) is 23.4 Å². The highest BCUT2D eigenvalue weighted by molar-refractivity contribution is 5.93. The Kier molecular flexibility index (Phi) is 6.84. The average Bonchev–Trinajstić information content (AvgIpc) is 3.18. The van der Waals surface area contributed by atoms with E-state index in [0.717, 1.165) is 34.2 Å². The highest BCUT2D eigenvalue weighted by atomic mass is 19.4. The summed E-state index contributed by atoms with van der Waals surface area (Å²) in [6.45, 7) is 2.35. The van der Waals surface area contributed by atoms with Gasteiger partial charge in [-0.2, -0.15) is 13.2 Å². The lowest BCUT2D eigenvalue weighted by Gasteiger charge is -2.16. The summed E-state index contributed by atoms with van der Waals surface area (Å²) in [6.07, 6.45) is -2.68. The Bertz CT molecular complexity index is 1350. The Balaban J connectivity index is 1.74. The number of methoxy groups -OCH3 is 1. The van der Waals surface area contributed by atoms with Gasteiger partial charge in [0.15, 0.2) is 0 Å². The fraction of sp³-hybridized carbons (Fsp3) is 0.222. The normalized spacial score (nSPS) is 12.6. The topological polar surface area (TPSA) is 63.5 Å². The highest BCUT2D eigenvalue weighted by Gasteiger charge is 2.31. The predicted molar refractivity (Wildman–Crippen MR) is 127 cm³/mol. The third-order valence-corrected chi connectivity index (χ3v) is 6.02. The van der Waals surface area contributed by atoms with Crippen LogP contribution < -0.4 is 10.1 Å². The van der Waals surface area contributed by atoms with Gasteiger partial charge in [0, 0.05) is 41.3 Å². The summed E-state index contributed by atoms with van der Waals surface area (Å²) in [5.74, 6) is -0.504. The quantitative estimate of drug-likeness (QED) is 0.326. The van der Waals surface area contributed by atoms with E-state index in [4.69, 9.17) is 4.74 Å². The SMILES string of the molecule is COc1ccc2c(c(C(NCc3cccc(C(F)(F)F)c3)C(=O)O)cn2Cc2ccccc2)c1C. The number of ether oxygens (including phenoxy) is 1. The van der Waals surface area contributed by atoms with E-state index in [1.54, 1.807) is 13.3 Å². The summed E-state index contributed by atoms with van der Waals surface area (Å²) in [6, 6.07) is 17.2. The van der Waals surface area contributed by atoms with E-state index in [1.807, 2.05) is 54.0 Å². The zero-order chi connectivity index (χ0) is 25.2. The zero-order valence-electron chi connectivity index (χ0n) is 19.3. The van der Waals surface area contributed by atoms with Crippen molar-refractivity contribution < 1.29 is 27.8 Å². The Morgan fingerprint density at radius 2 is 1.77 bits per heavy atom. The predicted octanol–water partition coefficient (Wildman–Crippen LogP) is 5.94. The molecule has 1 aromatic heterocycles. The van der Waals surface area contributed by atoms with Gasteiger partial charge in [-0.3, -0.25) is 10.1 Å². The maximum Gasteiger partial charge on any atom is 0.416 e. The fourth-order valence-corrected chi connectivity index (χ4v) is 4.34. The van der Waals surface area contributed by atoms with Crippen LogP contribution in [-0.4, -0.2) is 22.8 Å². The summed E-state index contributed by atoms with van der Waals surface area (Å²) in [5.41, 5.74) is 2.77. The summed E-state index contributed by atoms with van der Waals surface area (Å²) in [5, 5.41) is 13.8. The molecule has 0 aliphatic heterocycles. The lowest BCUT2D eigenvalue weighted by atomic mass is 10.0. The van der Waals surface area contributed by atoms with Crippen LogP contribution in [0.4, 0.5) is 13.2 Å². The molecule has 0 spiro atoms. The molecule has 3 aromatic carbocycles. The van der Waals surface area contributed by atoms with Crippen LogP contribution in [0, 0.1) is 6.92 Å². The van der Waals surface area contributed by atoms with E-state index in [2.05, 4.69) is 5.32 Å². The van der Waals surface area contributed by atoms with Gasteiger partial charge in [-0.05, 0) is 36.2 Å². The molecule has 0 aliphatic carbocycles. The van der Waals surface area contributed by atoms with Gasteiger partial charge in [0.05, 0.1) is 12.7 Å². The van der Waals surface area contributed by atoms with Gasteiger partial charge in [0.2, 0.25) is 0 Å². The van der Waals surface area contributed by atoms with Gasteiger partial charge in [-0.1, -0.05) is 48.5 Å². The number of aromatic nitrogens is 1. The lowest BCUT2D eigenvalue weighted by Crippen LogP contribution is -2.28. The Hall–Kier alpha value is -3.78. The number of carbonyl (C=O) groups is 1. The van der Waals surface area contributed by atoms with Gasteiger partial charge in [0.25, 0.3) is 0 Å². The van der Waals surface area contributed by atoms with Crippen LogP contribution >= 0.6 is 0 Å². The first kappa shape index (κ1) is 24.3. The molecule has 2 N–H and O–H groups in total. The number of nitrogens with one attached hydrogen (secondary N) is 1. The second-order valence-corrected chi connectivity index (χ2v) is 8.34. The van der Waals surface area contributed by atoms with Crippen LogP contribution in [0.1, 0.15) is 33.9 Å². The summed E-state index contributed by atoms with van der Waals surface area (Å²) in [4.78, 5) is 12.3. The highest BCUT2D eigenvalue weighted by Crippen LogP contribution is 2.35. The van der Waals surface area contributed by atoms with E-state index < -0.39 is 23.8 Å². The first-order valence-electron chi connectivity index (χ1n) is 11.0. The van der Waals surface area contributed by atoms with Gasteiger partial charge >= 0.3 is 12.1 Å². The minimum atomic E-state index is -4.47. The number of fused-ring (bicyclic) bond motifs is 1. The van der Waals surface area contributed by atoms with Crippen molar-refractivity contribution in [3.8, 4) is 5.75 Å². The van der Waals surface area contributed by atoms with Crippen LogP contribution in [0.3, 0.4) is 0 Å². The summed E-state index contributed by atoms with van der Waals surface area (Å²) in [7, 11) is 1.55. The molecule has 1 atom stereocenters. The number of carboxylic acids is 1. The van der Waals surface area contributed by atoms with Crippen LogP contribution in [0.2, 0.25) is 0 Å². The molecule has 182 valence electrons. The number of rotatable bonds is 8. The van der Waals surface area contributed by atoms with Crippen LogP contribution in [0.5, 0.6) is 5.75 Å². The molecule has 1 unspecified atom stereocenters. The third-order valence-electron chi connectivity index (χ3n) is 6.02. The minimum Gasteiger partial charge on any atom is -0.496 e. The van der Waals surface area contributed by atoms with Crippen molar-refractivity contribution in [3.05, 3.63) is 101 Å². The number of aryl methyl sites for hydroxylation is 1. The minimum absolute atomic E-state index is 0.0464. The van der Waals surface area contributed by atoms with E-state index in [1.165, 1.54) is 12.1 Å². The van der Waals surface area contributed by atoms with E-state index in [-0.39, 0.29) is 6.54 Å². The van der Waals surface area contributed by atoms with Crippen LogP contribution in [0.25, 0.3) is 10.9 Å². The number of alkyl halides is 3. The van der Waals surface area contributed by atoms with Crippen molar-refractivity contribution in [2.45, 2.75) is 32.2 Å². The number of hydrogen-bond acceptors (Lipinski definition) is 3. The molecule has 0 amide bonds. The molecule has 35 heavy (non-hydrogen) atoms. The summed E-state index contributed by atoms with van der Waals surface area (Å²) >= 11 is 0. The Morgan fingerprint density at radius 1 is 1.06 bits per heavy atom. The number of carboxylic acid groups (broad SMARTS) is 1. The average molecular weight is 483 g/mol. The van der Waals surface area contributed by atoms with Crippen LogP contribution in [-0.2, 0) is 24.1 Å². The molecule has 0 saturated carbocycles. The first-order chi connectivity index (χ1) is 16.7.